The number of hydrogen-bond donors (Lipinski definition) is 4. The highest BCUT2D eigenvalue weighted by molar-refractivity contribution is 6.30. The standard InChI is InChI=1S/C19H21Cl2N3O4/c20-14-5-1-12(2-6-14)17(13-3-7-15(21)8-4-13)24-18(26)16(23-9-10-25)11-28-19(22)27/h1-8,16-17,23,25H,9-11H2,(H2,22,27)(H,24,26). The van der Waals surface area contributed by atoms with Gasteiger partial charge in [-0.2, -0.15) is 0 Å². The number of ether oxygens (including phenoxy) is 1. The number of carbonyl (C=O) groups excluding carboxylic acids is 2. The Morgan fingerprint density at radius 2 is 1.50 bits per heavy atom. The zero-order valence-electron chi connectivity index (χ0n) is 14.9. The molecule has 5 N–H and O–H groups in total. The predicted octanol–water partition coefficient (Wildman–Crippen LogP) is 2.24. The summed E-state index contributed by atoms with van der Waals surface area (Å²) in [5, 5.41) is 15.9. The topological polar surface area (TPSA) is 114 Å². The van der Waals surface area contributed by atoms with E-state index in [4.69, 9.17) is 38.8 Å². The van der Waals surface area contributed by atoms with Gasteiger partial charge >= 0.3 is 6.09 Å². The molecule has 0 saturated carbocycles. The molecule has 7 nitrogen and oxygen atoms in total. The number of nitrogens with one attached hydrogen (secondary N) is 2. The fraction of sp³-hybridized carbons (Fsp3) is 0.263. The molecular weight excluding hydrogens is 405 g/mol. The number of carbonyl (C=O) groups is 2. The molecule has 0 aliphatic rings. The van der Waals surface area contributed by atoms with E-state index in [1.54, 1.807) is 48.5 Å². The first-order valence-electron chi connectivity index (χ1n) is 8.48. The number of benzene rings is 2. The van der Waals surface area contributed by atoms with Crippen molar-refractivity contribution in [2.24, 2.45) is 5.73 Å². The number of primary amides is 1. The van der Waals surface area contributed by atoms with Crippen molar-refractivity contribution in [2.45, 2.75) is 12.1 Å². The van der Waals surface area contributed by atoms with Crippen molar-refractivity contribution < 1.29 is 19.4 Å². The highest BCUT2D eigenvalue weighted by Crippen LogP contribution is 2.25. The molecule has 0 aromatic heterocycles. The van der Waals surface area contributed by atoms with Crippen molar-refractivity contribution >= 4 is 35.2 Å². The van der Waals surface area contributed by atoms with Crippen molar-refractivity contribution in [3.8, 4) is 0 Å². The Balaban J connectivity index is 2.25. The van der Waals surface area contributed by atoms with Crippen LogP contribution < -0.4 is 16.4 Å². The summed E-state index contributed by atoms with van der Waals surface area (Å²) in [5.41, 5.74) is 6.59. The normalized spacial score (nSPS) is 11.9. The first-order valence-corrected chi connectivity index (χ1v) is 9.24. The molecule has 28 heavy (non-hydrogen) atoms. The van der Waals surface area contributed by atoms with Crippen LogP contribution in [0.15, 0.2) is 48.5 Å². The Labute approximate surface area is 172 Å². The predicted molar refractivity (Wildman–Crippen MR) is 107 cm³/mol. The molecule has 0 spiro atoms. The summed E-state index contributed by atoms with van der Waals surface area (Å²) in [7, 11) is 0. The van der Waals surface area contributed by atoms with Crippen LogP contribution in [0.5, 0.6) is 0 Å². The van der Waals surface area contributed by atoms with E-state index in [2.05, 4.69) is 10.6 Å². The van der Waals surface area contributed by atoms with Gasteiger partial charge in [-0.1, -0.05) is 47.5 Å². The second kappa shape index (κ2) is 10.9. The average molecular weight is 426 g/mol. The average Bonchev–Trinajstić information content (AvgIpc) is 2.67. The number of nitrogens with two attached hydrogens (primary N) is 1. The molecule has 0 aliphatic heterocycles. The van der Waals surface area contributed by atoms with Crippen molar-refractivity contribution in [3.05, 3.63) is 69.7 Å². The van der Waals surface area contributed by atoms with E-state index in [0.29, 0.717) is 10.0 Å². The summed E-state index contributed by atoms with van der Waals surface area (Å²) in [6.45, 7) is -0.306. The van der Waals surface area contributed by atoms with Gasteiger partial charge in [0.25, 0.3) is 0 Å². The van der Waals surface area contributed by atoms with E-state index in [-0.39, 0.29) is 19.8 Å². The van der Waals surface area contributed by atoms with E-state index in [9.17, 15) is 9.59 Å². The van der Waals surface area contributed by atoms with Gasteiger partial charge < -0.3 is 26.2 Å². The van der Waals surface area contributed by atoms with Gasteiger partial charge in [0, 0.05) is 16.6 Å². The van der Waals surface area contributed by atoms with Gasteiger partial charge in [0.2, 0.25) is 5.91 Å². The number of aliphatic hydroxyl groups is 1. The van der Waals surface area contributed by atoms with Crippen LogP contribution in [0.1, 0.15) is 17.2 Å². The molecule has 2 rings (SSSR count). The van der Waals surface area contributed by atoms with Crippen LogP contribution in [0.3, 0.4) is 0 Å². The third-order valence-corrected chi connectivity index (χ3v) is 4.41. The van der Waals surface area contributed by atoms with E-state index in [1.807, 2.05) is 0 Å². The van der Waals surface area contributed by atoms with E-state index >= 15 is 0 Å². The van der Waals surface area contributed by atoms with Crippen molar-refractivity contribution in [2.75, 3.05) is 19.8 Å². The minimum absolute atomic E-state index is 0.146. The summed E-state index contributed by atoms with van der Waals surface area (Å²) in [5.74, 6) is -0.426. The molecule has 150 valence electrons. The largest absolute Gasteiger partial charge is 0.447 e. The molecule has 0 heterocycles. The zero-order valence-corrected chi connectivity index (χ0v) is 16.4. The van der Waals surface area contributed by atoms with E-state index in [0.717, 1.165) is 11.1 Å². The molecule has 2 aromatic rings. The lowest BCUT2D eigenvalue weighted by Gasteiger charge is -2.24. The molecule has 0 radical (unpaired) electrons. The number of halogens is 2. The van der Waals surface area contributed by atoms with Gasteiger partial charge in [-0.25, -0.2) is 4.79 Å². The monoisotopic (exact) mass is 425 g/mol. The van der Waals surface area contributed by atoms with Gasteiger partial charge in [-0.3, -0.25) is 4.79 Å². The maximum atomic E-state index is 12.8. The van der Waals surface area contributed by atoms with Crippen LogP contribution >= 0.6 is 23.2 Å². The van der Waals surface area contributed by atoms with Crippen LogP contribution in [-0.2, 0) is 9.53 Å². The van der Waals surface area contributed by atoms with Crippen molar-refractivity contribution in [1.82, 2.24) is 10.6 Å². The highest BCUT2D eigenvalue weighted by atomic mass is 35.5. The van der Waals surface area contributed by atoms with Gasteiger partial charge in [-0.05, 0) is 35.4 Å². The van der Waals surface area contributed by atoms with E-state index in [1.165, 1.54) is 0 Å². The Morgan fingerprint density at radius 3 is 1.93 bits per heavy atom. The molecule has 2 amide bonds. The minimum atomic E-state index is -0.990. The van der Waals surface area contributed by atoms with Gasteiger partial charge in [-0.15, -0.1) is 0 Å². The molecule has 0 aliphatic carbocycles. The minimum Gasteiger partial charge on any atom is -0.447 e. The summed E-state index contributed by atoms with van der Waals surface area (Å²) in [6.07, 6.45) is -0.990. The van der Waals surface area contributed by atoms with Crippen molar-refractivity contribution in [1.29, 1.82) is 0 Å². The van der Waals surface area contributed by atoms with Crippen LogP contribution in [0.2, 0.25) is 10.0 Å². The second-order valence-corrected chi connectivity index (χ2v) is 6.78. The number of amides is 2. The van der Waals surface area contributed by atoms with E-state index < -0.39 is 24.1 Å². The highest BCUT2D eigenvalue weighted by Gasteiger charge is 2.24. The fourth-order valence-corrected chi connectivity index (χ4v) is 2.80. The summed E-state index contributed by atoms with van der Waals surface area (Å²) in [4.78, 5) is 23.7. The third-order valence-electron chi connectivity index (χ3n) is 3.90. The molecule has 2 aromatic carbocycles. The van der Waals surface area contributed by atoms with Crippen LogP contribution in [0.25, 0.3) is 0 Å². The zero-order chi connectivity index (χ0) is 20.5. The molecule has 1 atom stereocenters. The van der Waals surface area contributed by atoms with Crippen LogP contribution in [0.4, 0.5) is 4.79 Å². The van der Waals surface area contributed by atoms with Crippen LogP contribution in [-0.4, -0.2) is 42.9 Å². The maximum absolute atomic E-state index is 12.8. The van der Waals surface area contributed by atoms with Crippen LogP contribution in [0, 0.1) is 0 Å². The van der Waals surface area contributed by atoms with Gasteiger partial charge in [0.1, 0.15) is 12.6 Å². The lowest BCUT2D eigenvalue weighted by atomic mass is 9.98. The Kier molecular flexibility index (Phi) is 8.53. The Hall–Kier alpha value is -2.32. The SMILES string of the molecule is NC(=O)OCC(NCCO)C(=O)NC(c1ccc(Cl)cc1)c1ccc(Cl)cc1. The molecule has 0 fully saturated rings. The summed E-state index contributed by atoms with van der Waals surface area (Å²) < 4.78 is 4.75. The lowest BCUT2D eigenvalue weighted by Crippen LogP contribution is -2.49. The quantitative estimate of drug-likeness (QED) is 0.491. The lowest BCUT2D eigenvalue weighted by molar-refractivity contribution is -0.124. The fourth-order valence-electron chi connectivity index (χ4n) is 2.54. The summed E-state index contributed by atoms with van der Waals surface area (Å²) >= 11 is 11.9. The number of rotatable bonds is 9. The first-order chi connectivity index (χ1) is 13.4. The second-order valence-electron chi connectivity index (χ2n) is 5.91. The van der Waals surface area contributed by atoms with Gasteiger partial charge in [0.15, 0.2) is 0 Å². The molecule has 0 saturated heterocycles. The first kappa shape index (κ1) is 22.0. The molecular formula is C19H21Cl2N3O4. The molecule has 1 unspecified atom stereocenters. The Morgan fingerprint density at radius 1 is 1.00 bits per heavy atom. The smallest absolute Gasteiger partial charge is 0.404 e. The number of hydrogen-bond acceptors (Lipinski definition) is 5. The Bertz CT molecular complexity index is 739. The third kappa shape index (κ3) is 6.69. The molecule has 0 bridgehead atoms. The molecule has 9 heteroatoms. The number of aliphatic hydroxyl groups excluding tert-OH is 1. The van der Waals surface area contributed by atoms with Crippen molar-refractivity contribution in [3.63, 3.8) is 0 Å². The van der Waals surface area contributed by atoms with Gasteiger partial charge in [0.05, 0.1) is 12.6 Å². The maximum Gasteiger partial charge on any atom is 0.404 e. The summed E-state index contributed by atoms with van der Waals surface area (Å²) in [6, 6.07) is 12.7.